The molecule has 0 unspecified atom stereocenters. The van der Waals surface area contributed by atoms with Crippen molar-refractivity contribution in [1.29, 1.82) is 0 Å². The predicted molar refractivity (Wildman–Crippen MR) is 109 cm³/mol. The van der Waals surface area contributed by atoms with Crippen LogP contribution < -0.4 is 19.5 Å². The molecule has 144 valence electrons. The number of methoxy groups -OCH3 is 1. The molecule has 0 saturated carbocycles. The molecule has 0 aliphatic heterocycles. The maximum absolute atomic E-state index is 13.0. The van der Waals surface area contributed by atoms with E-state index < -0.39 is 6.10 Å². The first-order chi connectivity index (χ1) is 13.7. The average molecular weight is 377 g/mol. The number of amides is 1. The molecule has 0 aliphatic rings. The molecule has 0 radical (unpaired) electrons. The molecule has 0 spiro atoms. The van der Waals surface area contributed by atoms with Crippen molar-refractivity contribution in [3.8, 4) is 17.2 Å². The molecule has 5 nitrogen and oxygen atoms in total. The monoisotopic (exact) mass is 377 g/mol. The predicted octanol–water partition coefficient (Wildman–Crippen LogP) is 4.85. The lowest BCUT2D eigenvalue weighted by molar-refractivity contribution is -0.123. The van der Waals surface area contributed by atoms with Crippen molar-refractivity contribution >= 4 is 11.6 Å². The molecule has 1 atom stereocenters. The van der Waals surface area contributed by atoms with E-state index in [2.05, 4.69) is 5.32 Å². The minimum Gasteiger partial charge on any atom is -0.497 e. The standard InChI is InChI=1S/C23H23NO4/c1-3-27-20-11-9-18(10-12-20)24-23(25)22(17-7-5-4-6-8-17)28-21-15-13-19(26-2)14-16-21/h4-16,22H,3H2,1-2H3,(H,24,25)/t22-/m1/s1. The normalized spacial score (nSPS) is 11.4. The minimum atomic E-state index is -0.791. The second kappa shape index (κ2) is 9.46. The first kappa shape index (κ1) is 19.3. The first-order valence-electron chi connectivity index (χ1n) is 9.09. The summed E-state index contributed by atoms with van der Waals surface area (Å²) in [7, 11) is 1.60. The molecule has 0 fully saturated rings. The molecule has 5 heteroatoms. The van der Waals surface area contributed by atoms with Crippen LogP contribution in [0.15, 0.2) is 78.9 Å². The Bertz CT molecular complexity index is 877. The molecule has 0 bridgehead atoms. The van der Waals surface area contributed by atoms with Gasteiger partial charge in [-0.2, -0.15) is 0 Å². The van der Waals surface area contributed by atoms with Crippen LogP contribution in [0, 0.1) is 0 Å². The van der Waals surface area contributed by atoms with Crippen LogP contribution in [-0.4, -0.2) is 19.6 Å². The number of carbonyl (C=O) groups is 1. The van der Waals surface area contributed by atoms with E-state index in [4.69, 9.17) is 14.2 Å². The lowest BCUT2D eigenvalue weighted by atomic mass is 10.1. The van der Waals surface area contributed by atoms with E-state index >= 15 is 0 Å². The second-order valence-corrected chi connectivity index (χ2v) is 6.03. The maximum Gasteiger partial charge on any atom is 0.270 e. The number of hydrogen-bond donors (Lipinski definition) is 1. The van der Waals surface area contributed by atoms with Crippen LogP contribution in [0.25, 0.3) is 0 Å². The van der Waals surface area contributed by atoms with Gasteiger partial charge in [-0.1, -0.05) is 30.3 Å². The van der Waals surface area contributed by atoms with Crippen molar-refractivity contribution in [1.82, 2.24) is 0 Å². The summed E-state index contributed by atoms with van der Waals surface area (Å²) in [5.74, 6) is 1.81. The van der Waals surface area contributed by atoms with Crippen LogP contribution in [0.5, 0.6) is 17.2 Å². The van der Waals surface area contributed by atoms with Gasteiger partial charge in [0.1, 0.15) is 17.2 Å². The van der Waals surface area contributed by atoms with Gasteiger partial charge in [-0.3, -0.25) is 4.79 Å². The minimum absolute atomic E-state index is 0.258. The van der Waals surface area contributed by atoms with Crippen molar-refractivity contribution < 1.29 is 19.0 Å². The molecule has 0 heterocycles. The number of anilines is 1. The Morgan fingerprint density at radius 1 is 0.857 bits per heavy atom. The first-order valence-corrected chi connectivity index (χ1v) is 9.09. The summed E-state index contributed by atoms with van der Waals surface area (Å²) in [5, 5.41) is 2.91. The summed E-state index contributed by atoms with van der Waals surface area (Å²) in [4.78, 5) is 13.0. The molecule has 1 amide bonds. The van der Waals surface area contributed by atoms with Crippen LogP contribution in [0.1, 0.15) is 18.6 Å². The Kier molecular flexibility index (Phi) is 6.52. The van der Waals surface area contributed by atoms with Gasteiger partial charge in [0.15, 0.2) is 0 Å². The topological polar surface area (TPSA) is 56.8 Å². The fourth-order valence-corrected chi connectivity index (χ4v) is 2.70. The third-order valence-electron chi connectivity index (χ3n) is 4.09. The highest BCUT2D eigenvalue weighted by molar-refractivity contribution is 5.95. The van der Waals surface area contributed by atoms with Gasteiger partial charge in [-0.15, -0.1) is 0 Å². The smallest absolute Gasteiger partial charge is 0.270 e. The summed E-state index contributed by atoms with van der Waals surface area (Å²) in [6.07, 6.45) is -0.791. The van der Waals surface area contributed by atoms with Crippen molar-refractivity contribution in [3.05, 3.63) is 84.4 Å². The zero-order chi connectivity index (χ0) is 19.8. The van der Waals surface area contributed by atoms with Crippen LogP contribution in [0.4, 0.5) is 5.69 Å². The quantitative estimate of drug-likeness (QED) is 0.609. The van der Waals surface area contributed by atoms with Gasteiger partial charge in [0, 0.05) is 11.3 Å². The third kappa shape index (κ3) is 5.04. The van der Waals surface area contributed by atoms with Crippen LogP contribution >= 0.6 is 0 Å². The van der Waals surface area contributed by atoms with Crippen molar-refractivity contribution in [2.75, 3.05) is 19.0 Å². The van der Waals surface area contributed by atoms with Gasteiger partial charge in [0.2, 0.25) is 6.10 Å². The van der Waals surface area contributed by atoms with Gasteiger partial charge in [-0.25, -0.2) is 0 Å². The number of carbonyl (C=O) groups excluding carboxylic acids is 1. The number of benzene rings is 3. The number of rotatable bonds is 8. The summed E-state index contributed by atoms with van der Waals surface area (Å²) in [6, 6.07) is 23.8. The largest absolute Gasteiger partial charge is 0.497 e. The molecule has 3 aromatic carbocycles. The van der Waals surface area contributed by atoms with E-state index in [-0.39, 0.29) is 5.91 Å². The van der Waals surface area contributed by atoms with Crippen LogP contribution in [-0.2, 0) is 4.79 Å². The van der Waals surface area contributed by atoms with Crippen molar-refractivity contribution in [3.63, 3.8) is 0 Å². The fourth-order valence-electron chi connectivity index (χ4n) is 2.70. The molecule has 3 rings (SSSR count). The van der Waals surface area contributed by atoms with Gasteiger partial charge in [0.05, 0.1) is 13.7 Å². The van der Waals surface area contributed by atoms with Gasteiger partial charge in [-0.05, 0) is 55.5 Å². The van der Waals surface area contributed by atoms with E-state index in [1.165, 1.54) is 0 Å². The van der Waals surface area contributed by atoms with E-state index in [1.807, 2.05) is 49.4 Å². The highest BCUT2D eigenvalue weighted by atomic mass is 16.5. The van der Waals surface area contributed by atoms with E-state index in [9.17, 15) is 4.79 Å². The second-order valence-electron chi connectivity index (χ2n) is 6.03. The van der Waals surface area contributed by atoms with E-state index in [0.717, 1.165) is 17.1 Å². The Balaban J connectivity index is 1.78. The molecular formula is C23H23NO4. The zero-order valence-corrected chi connectivity index (χ0v) is 15.9. The Morgan fingerprint density at radius 3 is 2.07 bits per heavy atom. The van der Waals surface area contributed by atoms with E-state index in [1.54, 1.807) is 43.5 Å². The third-order valence-corrected chi connectivity index (χ3v) is 4.09. The van der Waals surface area contributed by atoms with Crippen LogP contribution in [0.2, 0.25) is 0 Å². The molecule has 0 aromatic heterocycles. The van der Waals surface area contributed by atoms with Gasteiger partial charge in [0.25, 0.3) is 5.91 Å². The fraction of sp³-hybridized carbons (Fsp3) is 0.174. The summed E-state index contributed by atoms with van der Waals surface area (Å²) >= 11 is 0. The van der Waals surface area contributed by atoms with E-state index in [0.29, 0.717) is 18.0 Å². The summed E-state index contributed by atoms with van der Waals surface area (Å²) < 4.78 is 16.6. The average Bonchev–Trinajstić information content (AvgIpc) is 2.74. The lowest BCUT2D eigenvalue weighted by Crippen LogP contribution is -2.25. The molecule has 0 aliphatic carbocycles. The number of nitrogens with one attached hydrogen (secondary N) is 1. The Hall–Kier alpha value is -3.47. The summed E-state index contributed by atoms with van der Waals surface area (Å²) in [5.41, 5.74) is 1.44. The number of ether oxygens (including phenoxy) is 3. The molecule has 28 heavy (non-hydrogen) atoms. The Labute approximate surface area is 164 Å². The molecular weight excluding hydrogens is 354 g/mol. The molecule has 1 N–H and O–H groups in total. The van der Waals surface area contributed by atoms with Gasteiger partial charge >= 0.3 is 0 Å². The molecule has 3 aromatic rings. The Morgan fingerprint density at radius 2 is 1.46 bits per heavy atom. The SMILES string of the molecule is CCOc1ccc(NC(=O)[C@H](Oc2ccc(OC)cc2)c2ccccc2)cc1. The number of hydrogen-bond acceptors (Lipinski definition) is 4. The van der Waals surface area contributed by atoms with Gasteiger partial charge < -0.3 is 19.5 Å². The zero-order valence-electron chi connectivity index (χ0n) is 15.9. The van der Waals surface area contributed by atoms with Crippen molar-refractivity contribution in [2.24, 2.45) is 0 Å². The summed E-state index contributed by atoms with van der Waals surface area (Å²) in [6.45, 7) is 2.52. The van der Waals surface area contributed by atoms with Crippen molar-refractivity contribution in [2.45, 2.75) is 13.0 Å². The molecule has 0 saturated heterocycles. The highest BCUT2D eigenvalue weighted by Gasteiger charge is 2.23. The maximum atomic E-state index is 13.0. The van der Waals surface area contributed by atoms with Crippen LogP contribution in [0.3, 0.4) is 0 Å². The lowest BCUT2D eigenvalue weighted by Gasteiger charge is -2.19. The highest BCUT2D eigenvalue weighted by Crippen LogP contribution is 2.26.